The molecule has 1 heterocycles. The molecule has 1 amide bonds. The molecule has 20 heavy (non-hydrogen) atoms. The van der Waals surface area contributed by atoms with Crippen molar-refractivity contribution >= 4 is 22.6 Å². The van der Waals surface area contributed by atoms with Crippen LogP contribution in [0, 0.1) is 12.8 Å². The van der Waals surface area contributed by atoms with Crippen molar-refractivity contribution in [2.75, 3.05) is 5.32 Å². The average molecular weight is 274 g/mol. The third-order valence-corrected chi connectivity index (χ3v) is 3.24. The van der Waals surface area contributed by atoms with E-state index in [1.807, 2.05) is 20.8 Å². The Morgan fingerprint density at radius 1 is 1.30 bits per heavy atom. The summed E-state index contributed by atoms with van der Waals surface area (Å²) in [5, 5.41) is 3.57. The molecule has 0 saturated heterocycles. The number of benzene rings is 1. The fourth-order valence-corrected chi connectivity index (χ4v) is 1.93. The lowest BCUT2D eigenvalue weighted by atomic mass is 10.0. The van der Waals surface area contributed by atoms with Crippen molar-refractivity contribution in [3.8, 4) is 0 Å². The summed E-state index contributed by atoms with van der Waals surface area (Å²) in [6.45, 7) is 5.61. The van der Waals surface area contributed by atoms with Crippen LogP contribution in [0.15, 0.2) is 33.5 Å². The van der Waals surface area contributed by atoms with Crippen LogP contribution in [-0.2, 0) is 4.79 Å². The molecule has 5 nitrogen and oxygen atoms in total. The number of aryl methyl sites for hydroxylation is 1. The highest BCUT2D eigenvalue weighted by Gasteiger charge is 2.17. The number of nitrogens with one attached hydrogen (secondary N) is 1. The van der Waals surface area contributed by atoms with Gasteiger partial charge in [0, 0.05) is 17.1 Å². The summed E-state index contributed by atoms with van der Waals surface area (Å²) in [4.78, 5) is 23.2. The predicted octanol–water partition coefficient (Wildman–Crippen LogP) is 2.02. The van der Waals surface area contributed by atoms with Gasteiger partial charge in [0.2, 0.25) is 5.91 Å². The van der Waals surface area contributed by atoms with Crippen molar-refractivity contribution in [2.45, 2.75) is 26.8 Å². The van der Waals surface area contributed by atoms with Crippen LogP contribution in [0.5, 0.6) is 0 Å². The quantitative estimate of drug-likeness (QED) is 0.838. The molecular formula is C15H18N2O3. The average Bonchev–Trinajstić information content (AvgIpc) is 2.38. The predicted molar refractivity (Wildman–Crippen MR) is 78.7 cm³/mol. The van der Waals surface area contributed by atoms with E-state index < -0.39 is 6.04 Å². The molecule has 0 aliphatic rings. The number of rotatable bonds is 3. The highest BCUT2D eigenvalue weighted by molar-refractivity contribution is 5.96. The van der Waals surface area contributed by atoms with Crippen LogP contribution in [0.3, 0.4) is 0 Å². The molecule has 0 aliphatic carbocycles. The Labute approximate surface area is 116 Å². The molecule has 0 saturated carbocycles. The first-order valence-corrected chi connectivity index (χ1v) is 6.49. The monoisotopic (exact) mass is 274 g/mol. The van der Waals surface area contributed by atoms with Crippen molar-refractivity contribution in [2.24, 2.45) is 11.7 Å². The lowest BCUT2D eigenvalue weighted by Gasteiger charge is -2.15. The van der Waals surface area contributed by atoms with E-state index in [2.05, 4.69) is 5.32 Å². The molecule has 1 aromatic carbocycles. The highest BCUT2D eigenvalue weighted by Crippen LogP contribution is 2.21. The van der Waals surface area contributed by atoms with Gasteiger partial charge in [-0.15, -0.1) is 0 Å². The van der Waals surface area contributed by atoms with Crippen LogP contribution >= 0.6 is 0 Å². The fraction of sp³-hybridized carbons (Fsp3) is 0.333. The van der Waals surface area contributed by atoms with Gasteiger partial charge in [0.15, 0.2) is 0 Å². The van der Waals surface area contributed by atoms with E-state index in [4.69, 9.17) is 10.2 Å². The Hall–Kier alpha value is -2.14. The second kappa shape index (κ2) is 5.46. The molecule has 2 rings (SSSR count). The minimum Gasteiger partial charge on any atom is -0.423 e. The second-order valence-corrected chi connectivity index (χ2v) is 5.22. The first-order valence-electron chi connectivity index (χ1n) is 6.49. The summed E-state index contributed by atoms with van der Waals surface area (Å²) < 4.78 is 5.10. The van der Waals surface area contributed by atoms with E-state index in [1.54, 1.807) is 18.2 Å². The lowest BCUT2D eigenvalue weighted by Crippen LogP contribution is -2.39. The maximum atomic E-state index is 11.9. The van der Waals surface area contributed by atoms with Gasteiger partial charge in [-0.2, -0.15) is 0 Å². The smallest absolute Gasteiger partial charge is 0.336 e. The van der Waals surface area contributed by atoms with Gasteiger partial charge in [0.25, 0.3) is 0 Å². The SMILES string of the molecule is Cc1cc(=O)oc2ccc(NC(=O)[C@H](N)C(C)C)cc12. The third kappa shape index (κ3) is 2.88. The zero-order valence-electron chi connectivity index (χ0n) is 11.8. The van der Waals surface area contributed by atoms with E-state index in [1.165, 1.54) is 6.07 Å². The van der Waals surface area contributed by atoms with Gasteiger partial charge in [-0.3, -0.25) is 4.79 Å². The Morgan fingerprint density at radius 2 is 2.00 bits per heavy atom. The van der Waals surface area contributed by atoms with Crippen LogP contribution in [0.4, 0.5) is 5.69 Å². The van der Waals surface area contributed by atoms with E-state index in [-0.39, 0.29) is 17.5 Å². The van der Waals surface area contributed by atoms with Gasteiger partial charge in [0.05, 0.1) is 6.04 Å². The number of hydrogen-bond acceptors (Lipinski definition) is 4. The summed E-state index contributed by atoms with van der Waals surface area (Å²) in [6, 6.07) is 6.00. The Kier molecular flexibility index (Phi) is 3.90. The molecule has 0 unspecified atom stereocenters. The molecule has 1 atom stereocenters. The lowest BCUT2D eigenvalue weighted by molar-refractivity contribution is -0.118. The van der Waals surface area contributed by atoms with Crippen LogP contribution in [0.2, 0.25) is 0 Å². The van der Waals surface area contributed by atoms with Crippen molar-refractivity contribution in [1.82, 2.24) is 0 Å². The highest BCUT2D eigenvalue weighted by atomic mass is 16.4. The molecule has 5 heteroatoms. The van der Waals surface area contributed by atoms with Crippen LogP contribution in [0.25, 0.3) is 11.0 Å². The van der Waals surface area contributed by atoms with Crippen molar-refractivity contribution in [1.29, 1.82) is 0 Å². The van der Waals surface area contributed by atoms with E-state index >= 15 is 0 Å². The number of carbonyl (C=O) groups excluding carboxylic acids is 1. The summed E-state index contributed by atoms with van der Waals surface area (Å²) >= 11 is 0. The molecular weight excluding hydrogens is 256 g/mol. The molecule has 0 spiro atoms. The number of amides is 1. The summed E-state index contributed by atoms with van der Waals surface area (Å²) in [6.07, 6.45) is 0. The molecule has 3 N–H and O–H groups in total. The molecule has 0 fully saturated rings. The Balaban J connectivity index is 2.33. The van der Waals surface area contributed by atoms with E-state index in [9.17, 15) is 9.59 Å². The number of hydrogen-bond donors (Lipinski definition) is 2. The maximum Gasteiger partial charge on any atom is 0.336 e. The number of anilines is 1. The Bertz CT molecular complexity index is 704. The molecule has 0 aliphatic heterocycles. The van der Waals surface area contributed by atoms with Gasteiger partial charge in [0.1, 0.15) is 5.58 Å². The minimum absolute atomic E-state index is 0.0650. The molecule has 2 aromatic rings. The van der Waals surface area contributed by atoms with Crippen LogP contribution in [-0.4, -0.2) is 11.9 Å². The van der Waals surface area contributed by atoms with Crippen LogP contribution in [0.1, 0.15) is 19.4 Å². The van der Waals surface area contributed by atoms with E-state index in [0.29, 0.717) is 11.3 Å². The van der Waals surface area contributed by atoms with Crippen molar-refractivity contribution < 1.29 is 9.21 Å². The van der Waals surface area contributed by atoms with Crippen molar-refractivity contribution in [3.63, 3.8) is 0 Å². The van der Waals surface area contributed by atoms with Gasteiger partial charge in [-0.1, -0.05) is 13.8 Å². The van der Waals surface area contributed by atoms with Gasteiger partial charge in [-0.05, 0) is 36.6 Å². The normalized spacial score (nSPS) is 12.7. The standard InChI is InChI=1S/C15H18N2O3/c1-8(2)14(16)15(19)17-10-4-5-12-11(7-10)9(3)6-13(18)20-12/h4-8,14H,16H2,1-3H3,(H,17,19)/t14-/m1/s1. The Morgan fingerprint density at radius 3 is 2.65 bits per heavy atom. The van der Waals surface area contributed by atoms with Crippen molar-refractivity contribution in [3.05, 3.63) is 40.2 Å². The first-order chi connectivity index (χ1) is 9.38. The van der Waals surface area contributed by atoms with E-state index in [0.717, 1.165) is 10.9 Å². The maximum absolute atomic E-state index is 11.9. The fourth-order valence-electron chi connectivity index (χ4n) is 1.93. The molecule has 0 radical (unpaired) electrons. The summed E-state index contributed by atoms with van der Waals surface area (Å²) in [7, 11) is 0. The zero-order valence-corrected chi connectivity index (χ0v) is 11.8. The van der Waals surface area contributed by atoms with Gasteiger partial charge >= 0.3 is 5.63 Å². The summed E-state index contributed by atoms with van der Waals surface area (Å²) in [5.74, 6) is -0.162. The second-order valence-electron chi connectivity index (χ2n) is 5.22. The van der Waals surface area contributed by atoms with Crippen LogP contribution < -0.4 is 16.7 Å². The van der Waals surface area contributed by atoms with Gasteiger partial charge < -0.3 is 15.5 Å². The zero-order chi connectivity index (χ0) is 14.9. The number of fused-ring (bicyclic) bond motifs is 1. The van der Waals surface area contributed by atoms with Gasteiger partial charge in [-0.25, -0.2) is 4.79 Å². The summed E-state index contributed by atoms with van der Waals surface area (Å²) in [5.41, 5.74) is 7.36. The first kappa shape index (κ1) is 14.3. The minimum atomic E-state index is -0.555. The largest absolute Gasteiger partial charge is 0.423 e. The molecule has 1 aromatic heterocycles. The number of nitrogens with two attached hydrogens (primary N) is 1. The third-order valence-electron chi connectivity index (χ3n) is 3.24. The molecule has 0 bridgehead atoms. The topological polar surface area (TPSA) is 85.3 Å². The molecule has 106 valence electrons. The number of carbonyl (C=O) groups is 1.